The Morgan fingerprint density at radius 3 is 2.51 bits per heavy atom. The molecule has 0 aromatic heterocycles. The van der Waals surface area contributed by atoms with E-state index in [9.17, 15) is 14.4 Å². The van der Waals surface area contributed by atoms with Gasteiger partial charge in [0.05, 0.1) is 11.8 Å². The number of likely N-dealkylation sites (tertiary alicyclic amines) is 1. The minimum atomic E-state index is -0.649. The smallest absolute Gasteiger partial charge is 0.245 e. The lowest BCUT2D eigenvalue weighted by atomic mass is 9.82. The van der Waals surface area contributed by atoms with Crippen LogP contribution in [0.15, 0.2) is 67.3 Å². The average molecular weight is 506 g/mol. The lowest BCUT2D eigenvalue weighted by molar-refractivity contribution is -0.139. The molecule has 1 aliphatic rings. The molecule has 3 amide bonds. The van der Waals surface area contributed by atoms with Crippen molar-refractivity contribution in [3.8, 4) is 11.5 Å². The van der Waals surface area contributed by atoms with E-state index in [1.165, 1.54) is 0 Å². The number of nitrogens with two attached hydrogens (primary N) is 1. The molecule has 198 valence electrons. The Morgan fingerprint density at radius 2 is 1.84 bits per heavy atom. The number of hydrogen-bond donors (Lipinski definition) is 2. The summed E-state index contributed by atoms with van der Waals surface area (Å²) >= 11 is 0. The fourth-order valence-electron chi connectivity index (χ4n) is 4.85. The number of benzene rings is 2. The first kappa shape index (κ1) is 28.0. The van der Waals surface area contributed by atoms with Crippen LogP contribution in [0.4, 0.5) is 0 Å². The first-order valence-electron chi connectivity index (χ1n) is 13.1. The zero-order chi connectivity index (χ0) is 26.8. The van der Waals surface area contributed by atoms with Crippen LogP contribution in [-0.4, -0.2) is 35.2 Å². The van der Waals surface area contributed by atoms with E-state index in [0.29, 0.717) is 38.1 Å². The van der Waals surface area contributed by atoms with Crippen LogP contribution in [0.2, 0.25) is 0 Å². The molecule has 1 heterocycles. The molecule has 2 aromatic carbocycles. The zero-order valence-electron chi connectivity index (χ0n) is 21.9. The van der Waals surface area contributed by atoms with Gasteiger partial charge in [0, 0.05) is 13.1 Å². The largest absolute Gasteiger partial charge is 0.457 e. The van der Waals surface area contributed by atoms with Gasteiger partial charge in [-0.25, -0.2) is 0 Å². The SMILES string of the molecule is C=CC[C@H](C(N)=O)C(CC(C)C)C(=O)N[C@H]1CCCCN(Cc2cccc(Oc3ccccc3)c2)C1=O. The second kappa shape index (κ2) is 13.6. The normalized spacial score (nSPS) is 17.5. The highest BCUT2D eigenvalue weighted by Crippen LogP contribution is 2.26. The molecule has 7 nitrogen and oxygen atoms in total. The third kappa shape index (κ3) is 8.20. The summed E-state index contributed by atoms with van der Waals surface area (Å²) in [5, 5.41) is 2.97. The van der Waals surface area contributed by atoms with Crippen molar-refractivity contribution in [2.75, 3.05) is 6.54 Å². The van der Waals surface area contributed by atoms with E-state index >= 15 is 0 Å². The van der Waals surface area contributed by atoms with Crippen LogP contribution < -0.4 is 15.8 Å². The molecule has 3 N–H and O–H groups in total. The van der Waals surface area contributed by atoms with Gasteiger partial charge in [0.2, 0.25) is 17.7 Å². The van der Waals surface area contributed by atoms with E-state index in [0.717, 1.165) is 24.2 Å². The quantitative estimate of drug-likeness (QED) is 0.404. The number of nitrogens with one attached hydrogen (secondary N) is 1. The van der Waals surface area contributed by atoms with Gasteiger partial charge in [0.15, 0.2) is 0 Å². The maximum atomic E-state index is 13.5. The van der Waals surface area contributed by atoms with E-state index in [-0.39, 0.29) is 17.7 Å². The van der Waals surface area contributed by atoms with Crippen molar-refractivity contribution in [1.82, 2.24) is 10.2 Å². The van der Waals surface area contributed by atoms with Gasteiger partial charge in [-0.1, -0.05) is 50.3 Å². The molecular formula is C30H39N3O4. The van der Waals surface area contributed by atoms with Crippen molar-refractivity contribution < 1.29 is 19.1 Å². The fourth-order valence-corrected chi connectivity index (χ4v) is 4.85. The number of allylic oxidation sites excluding steroid dienone is 1. The Balaban J connectivity index is 1.71. The van der Waals surface area contributed by atoms with Crippen LogP contribution in [0.25, 0.3) is 0 Å². The Morgan fingerprint density at radius 1 is 1.11 bits per heavy atom. The Kier molecular flexibility index (Phi) is 10.3. The third-order valence-corrected chi connectivity index (χ3v) is 6.68. The number of rotatable bonds is 12. The second-order valence-corrected chi connectivity index (χ2v) is 10.1. The summed E-state index contributed by atoms with van der Waals surface area (Å²) in [7, 11) is 0. The standard InChI is InChI=1S/C30H39N3O4/c1-4-11-25(28(31)34)26(18-21(2)3)29(35)32-27-16-8-9-17-33(30(27)36)20-22-12-10-15-24(19-22)37-23-13-6-5-7-14-23/h4-7,10,12-15,19,21,25-27H,1,8-9,11,16-18,20H2,2-3H3,(H2,31,34)(H,32,35)/t25-,26?,27-/m0/s1. The highest BCUT2D eigenvalue weighted by atomic mass is 16.5. The van der Waals surface area contributed by atoms with Gasteiger partial charge < -0.3 is 20.7 Å². The van der Waals surface area contributed by atoms with Gasteiger partial charge in [-0.15, -0.1) is 6.58 Å². The Bertz CT molecular complexity index is 1070. The second-order valence-electron chi connectivity index (χ2n) is 10.1. The number of amides is 3. The van der Waals surface area contributed by atoms with E-state index in [2.05, 4.69) is 11.9 Å². The van der Waals surface area contributed by atoms with Gasteiger partial charge in [0.25, 0.3) is 0 Å². The molecule has 1 fully saturated rings. The van der Waals surface area contributed by atoms with Crippen molar-refractivity contribution in [3.63, 3.8) is 0 Å². The minimum absolute atomic E-state index is 0.108. The maximum absolute atomic E-state index is 13.5. The molecule has 1 aliphatic heterocycles. The summed E-state index contributed by atoms with van der Waals surface area (Å²) in [6, 6.07) is 16.6. The van der Waals surface area contributed by atoms with Gasteiger partial charge in [-0.2, -0.15) is 0 Å². The summed E-state index contributed by atoms with van der Waals surface area (Å²) in [5.41, 5.74) is 6.59. The zero-order valence-corrected chi connectivity index (χ0v) is 21.9. The van der Waals surface area contributed by atoms with Gasteiger partial charge in [-0.05, 0) is 67.9 Å². The van der Waals surface area contributed by atoms with Crippen molar-refractivity contribution in [1.29, 1.82) is 0 Å². The van der Waals surface area contributed by atoms with E-state index in [1.54, 1.807) is 11.0 Å². The van der Waals surface area contributed by atoms with Gasteiger partial charge in [0.1, 0.15) is 17.5 Å². The summed E-state index contributed by atoms with van der Waals surface area (Å²) in [4.78, 5) is 40.8. The predicted octanol–water partition coefficient (Wildman–Crippen LogP) is 4.82. The Hall–Kier alpha value is -3.61. The molecule has 0 bridgehead atoms. The molecule has 1 unspecified atom stereocenters. The summed E-state index contributed by atoms with van der Waals surface area (Å²) in [5.74, 6) is -0.542. The number of hydrogen-bond acceptors (Lipinski definition) is 4. The number of para-hydroxylation sites is 1. The van der Waals surface area contributed by atoms with Crippen LogP contribution in [0, 0.1) is 17.8 Å². The highest BCUT2D eigenvalue weighted by Gasteiger charge is 2.35. The van der Waals surface area contributed by atoms with Gasteiger partial charge in [-0.3, -0.25) is 14.4 Å². The summed E-state index contributed by atoms with van der Waals surface area (Å²) in [6.45, 7) is 8.75. The molecule has 0 saturated carbocycles. The predicted molar refractivity (Wildman–Crippen MR) is 145 cm³/mol. The minimum Gasteiger partial charge on any atom is -0.457 e. The van der Waals surface area contributed by atoms with E-state index in [1.807, 2.05) is 68.4 Å². The number of carbonyl (C=O) groups is 3. The van der Waals surface area contributed by atoms with Crippen molar-refractivity contribution in [2.45, 2.75) is 58.5 Å². The topological polar surface area (TPSA) is 102 Å². The molecule has 2 aromatic rings. The van der Waals surface area contributed by atoms with E-state index < -0.39 is 23.8 Å². The van der Waals surface area contributed by atoms with Crippen molar-refractivity contribution in [2.24, 2.45) is 23.5 Å². The molecule has 1 saturated heterocycles. The van der Waals surface area contributed by atoms with Crippen molar-refractivity contribution >= 4 is 17.7 Å². The highest BCUT2D eigenvalue weighted by molar-refractivity contribution is 5.91. The van der Waals surface area contributed by atoms with Gasteiger partial charge >= 0.3 is 0 Å². The maximum Gasteiger partial charge on any atom is 0.245 e. The first-order valence-corrected chi connectivity index (χ1v) is 13.1. The molecule has 37 heavy (non-hydrogen) atoms. The lowest BCUT2D eigenvalue weighted by Crippen LogP contribution is -2.50. The molecule has 0 spiro atoms. The number of primary amides is 1. The Labute approximate surface area is 220 Å². The first-order chi connectivity index (χ1) is 17.8. The van der Waals surface area contributed by atoms with Crippen LogP contribution in [0.3, 0.4) is 0 Å². The van der Waals surface area contributed by atoms with E-state index in [4.69, 9.17) is 10.5 Å². The number of carbonyl (C=O) groups excluding carboxylic acids is 3. The van der Waals surface area contributed by atoms with Crippen LogP contribution >= 0.6 is 0 Å². The van der Waals surface area contributed by atoms with Crippen LogP contribution in [-0.2, 0) is 20.9 Å². The third-order valence-electron chi connectivity index (χ3n) is 6.68. The molecule has 7 heteroatoms. The van der Waals surface area contributed by atoms with Crippen LogP contribution in [0.1, 0.15) is 51.5 Å². The number of nitrogens with zero attached hydrogens (tertiary/aromatic N) is 1. The molecule has 0 aliphatic carbocycles. The molecule has 3 atom stereocenters. The lowest BCUT2D eigenvalue weighted by Gasteiger charge is -2.29. The molecular weight excluding hydrogens is 466 g/mol. The monoisotopic (exact) mass is 505 g/mol. The summed E-state index contributed by atoms with van der Waals surface area (Å²) in [6.07, 6.45) is 4.69. The average Bonchev–Trinajstić information content (AvgIpc) is 3.03. The number of ether oxygens (including phenoxy) is 1. The molecule has 3 rings (SSSR count). The van der Waals surface area contributed by atoms with Crippen LogP contribution in [0.5, 0.6) is 11.5 Å². The van der Waals surface area contributed by atoms with Crippen molar-refractivity contribution in [3.05, 3.63) is 72.8 Å². The fraction of sp³-hybridized carbons (Fsp3) is 0.433. The molecule has 0 radical (unpaired) electrons. The summed E-state index contributed by atoms with van der Waals surface area (Å²) < 4.78 is 5.95.